The first-order valence-corrected chi connectivity index (χ1v) is 8.44. The van der Waals surface area contributed by atoms with Crippen LogP contribution in [0.2, 0.25) is 0 Å². The van der Waals surface area contributed by atoms with E-state index in [1.54, 1.807) is 10.9 Å². The molecular weight excluding hydrogens is 330 g/mol. The first kappa shape index (κ1) is 16.1. The van der Waals surface area contributed by atoms with E-state index in [0.29, 0.717) is 17.8 Å². The predicted molar refractivity (Wildman–Crippen MR) is 96.6 cm³/mol. The van der Waals surface area contributed by atoms with Gasteiger partial charge in [-0.05, 0) is 26.0 Å². The van der Waals surface area contributed by atoms with Crippen molar-refractivity contribution in [2.75, 3.05) is 0 Å². The maximum atomic E-state index is 12.7. The van der Waals surface area contributed by atoms with Crippen LogP contribution < -0.4 is 5.32 Å². The molecule has 0 aliphatic carbocycles. The number of hydrogen-bond acceptors (Lipinski definition) is 4. The molecule has 4 rings (SSSR count). The number of nitrogens with zero attached hydrogens (tertiary/aromatic N) is 5. The maximum Gasteiger partial charge on any atom is 0.255 e. The van der Waals surface area contributed by atoms with Crippen molar-refractivity contribution in [3.8, 4) is 11.3 Å². The third-order valence-corrected chi connectivity index (χ3v) is 4.38. The highest BCUT2D eigenvalue weighted by Crippen LogP contribution is 2.20. The zero-order chi connectivity index (χ0) is 18.1. The monoisotopic (exact) mass is 349 g/mol. The Hall–Kier alpha value is -3.42. The number of H-pyrrole nitrogens is 1. The molecule has 4 aromatic heterocycles. The van der Waals surface area contributed by atoms with Crippen LogP contribution in [0.25, 0.3) is 16.9 Å². The van der Waals surface area contributed by atoms with E-state index in [2.05, 4.69) is 25.6 Å². The van der Waals surface area contributed by atoms with Crippen LogP contribution in [-0.2, 0) is 13.1 Å². The summed E-state index contributed by atoms with van der Waals surface area (Å²) in [5.41, 5.74) is 4.71. The van der Waals surface area contributed by atoms with E-state index in [0.717, 1.165) is 29.1 Å². The molecule has 0 aromatic carbocycles. The Morgan fingerprint density at radius 3 is 3.00 bits per heavy atom. The number of rotatable bonds is 5. The number of aromatic nitrogens is 6. The number of imidazole rings is 1. The fourth-order valence-corrected chi connectivity index (χ4v) is 2.98. The smallest absolute Gasteiger partial charge is 0.255 e. The molecule has 0 bridgehead atoms. The average molecular weight is 349 g/mol. The van der Waals surface area contributed by atoms with Gasteiger partial charge in [0.2, 0.25) is 0 Å². The van der Waals surface area contributed by atoms with Crippen molar-refractivity contribution in [2.24, 2.45) is 0 Å². The fraction of sp³-hybridized carbons (Fsp3) is 0.222. The first-order chi connectivity index (χ1) is 12.7. The summed E-state index contributed by atoms with van der Waals surface area (Å²) in [5, 5.41) is 14.1. The predicted octanol–water partition coefficient (Wildman–Crippen LogP) is 2.18. The quantitative estimate of drug-likeness (QED) is 0.577. The lowest BCUT2D eigenvalue weighted by atomic mass is 10.1. The largest absolute Gasteiger partial charge is 0.346 e. The Morgan fingerprint density at radius 2 is 2.19 bits per heavy atom. The van der Waals surface area contributed by atoms with Crippen molar-refractivity contribution < 1.29 is 4.79 Å². The minimum atomic E-state index is -0.191. The fourth-order valence-electron chi connectivity index (χ4n) is 2.98. The first-order valence-electron chi connectivity index (χ1n) is 8.44. The molecule has 26 heavy (non-hydrogen) atoms. The molecule has 0 aliphatic rings. The second-order valence-electron chi connectivity index (χ2n) is 6.00. The van der Waals surface area contributed by atoms with Crippen molar-refractivity contribution >= 4 is 11.6 Å². The van der Waals surface area contributed by atoms with Gasteiger partial charge in [-0.1, -0.05) is 6.07 Å². The summed E-state index contributed by atoms with van der Waals surface area (Å²) in [4.78, 5) is 17.2. The van der Waals surface area contributed by atoms with Crippen molar-refractivity contribution in [1.82, 2.24) is 34.7 Å². The van der Waals surface area contributed by atoms with Crippen molar-refractivity contribution in [3.63, 3.8) is 0 Å². The molecule has 2 N–H and O–H groups in total. The molecule has 0 saturated carbocycles. The molecule has 132 valence electrons. The van der Waals surface area contributed by atoms with Crippen LogP contribution >= 0.6 is 0 Å². The summed E-state index contributed by atoms with van der Waals surface area (Å²) in [6, 6.07) is 5.83. The van der Waals surface area contributed by atoms with Crippen LogP contribution in [0.5, 0.6) is 0 Å². The molecule has 0 unspecified atom stereocenters. The summed E-state index contributed by atoms with van der Waals surface area (Å²) in [5.74, 6) is -0.191. The molecule has 0 aliphatic heterocycles. The second-order valence-corrected chi connectivity index (χ2v) is 6.00. The highest BCUT2D eigenvalue weighted by molar-refractivity contribution is 5.99. The van der Waals surface area contributed by atoms with Crippen LogP contribution in [0.4, 0.5) is 0 Å². The van der Waals surface area contributed by atoms with E-state index >= 15 is 0 Å². The normalized spacial score (nSPS) is 11.2. The number of nitrogens with one attached hydrogen (secondary N) is 2. The standard InChI is InChI=1S/C18H19N7O/c1-3-24-11-13(8-21-24)17-14(9-20-23-17)18(26)19-10-15-12(2)22-16-6-4-5-7-25(15)16/h4-9,11H,3,10H2,1-2H3,(H,19,26)(H,20,23). The number of aryl methyl sites for hydroxylation is 2. The summed E-state index contributed by atoms with van der Waals surface area (Å²) in [7, 11) is 0. The molecule has 8 nitrogen and oxygen atoms in total. The third kappa shape index (κ3) is 2.75. The number of carbonyl (C=O) groups excluding carboxylic acids is 1. The molecule has 4 heterocycles. The number of amides is 1. The van der Waals surface area contributed by atoms with Gasteiger partial charge in [-0.25, -0.2) is 4.98 Å². The van der Waals surface area contributed by atoms with E-state index in [4.69, 9.17) is 0 Å². The van der Waals surface area contributed by atoms with E-state index in [1.165, 1.54) is 6.20 Å². The Morgan fingerprint density at radius 1 is 1.31 bits per heavy atom. The van der Waals surface area contributed by atoms with Gasteiger partial charge in [-0.2, -0.15) is 10.2 Å². The lowest BCUT2D eigenvalue weighted by Gasteiger charge is -2.06. The lowest BCUT2D eigenvalue weighted by molar-refractivity contribution is 0.0951. The number of pyridine rings is 1. The Labute approximate surface area is 149 Å². The topological polar surface area (TPSA) is 92.9 Å². The van der Waals surface area contributed by atoms with Gasteiger partial charge in [0.25, 0.3) is 5.91 Å². The molecule has 0 radical (unpaired) electrons. The highest BCUT2D eigenvalue weighted by atomic mass is 16.1. The van der Waals surface area contributed by atoms with Crippen molar-refractivity contribution in [3.05, 3.63) is 59.9 Å². The van der Waals surface area contributed by atoms with Crippen LogP contribution in [0.15, 0.2) is 43.0 Å². The zero-order valence-electron chi connectivity index (χ0n) is 14.6. The van der Waals surface area contributed by atoms with Crippen molar-refractivity contribution in [2.45, 2.75) is 26.9 Å². The number of hydrogen-bond donors (Lipinski definition) is 2. The van der Waals surface area contributed by atoms with Gasteiger partial charge in [0.1, 0.15) is 5.65 Å². The van der Waals surface area contributed by atoms with Gasteiger partial charge >= 0.3 is 0 Å². The van der Waals surface area contributed by atoms with Gasteiger partial charge in [0.05, 0.1) is 41.6 Å². The van der Waals surface area contributed by atoms with Crippen molar-refractivity contribution in [1.29, 1.82) is 0 Å². The van der Waals surface area contributed by atoms with Crippen LogP contribution in [0.3, 0.4) is 0 Å². The highest BCUT2D eigenvalue weighted by Gasteiger charge is 2.17. The van der Waals surface area contributed by atoms with Gasteiger partial charge < -0.3 is 9.72 Å². The molecule has 4 aromatic rings. The SMILES string of the molecule is CCn1cc(-c2[nH]ncc2C(=O)NCc2c(C)nc3ccccn23)cn1. The number of aromatic amines is 1. The molecule has 0 saturated heterocycles. The Bertz CT molecular complexity index is 1070. The van der Waals surface area contributed by atoms with Gasteiger partial charge in [0, 0.05) is 24.5 Å². The van der Waals surface area contributed by atoms with Crippen LogP contribution in [-0.4, -0.2) is 35.3 Å². The summed E-state index contributed by atoms with van der Waals surface area (Å²) >= 11 is 0. The minimum absolute atomic E-state index is 0.191. The molecular formula is C18H19N7O. The number of carbonyl (C=O) groups is 1. The number of fused-ring (bicyclic) bond motifs is 1. The maximum absolute atomic E-state index is 12.7. The second kappa shape index (κ2) is 6.47. The Balaban J connectivity index is 1.56. The van der Waals surface area contributed by atoms with Gasteiger partial charge in [0.15, 0.2) is 0 Å². The molecule has 1 amide bonds. The minimum Gasteiger partial charge on any atom is -0.346 e. The lowest BCUT2D eigenvalue weighted by Crippen LogP contribution is -2.24. The van der Waals surface area contributed by atoms with Crippen LogP contribution in [0, 0.1) is 6.92 Å². The molecule has 0 fully saturated rings. The zero-order valence-corrected chi connectivity index (χ0v) is 14.6. The molecule has 8 heteroatoms. The van der Waals surface area contributed by atoms with E-state index in [1.807, 2.05) is 48.8 Å². The molecule has 0 spiro atoms. The Kier molecular flexibility index (Phi) is 4.00. The third-order valence-electron chi connectivity index (χ3n) is 4.38. The van der Waals surface area contributed by atoms with Gasteiger partial charge in [-0.15, -0.1) is 0 Å². The van der Waals surface area contributed by atoms with E-state index in [-0.39, 0.29) is 5.91 Å². The summed E-state index contributed by atoms with van der Waals surface area (Å²) < 4.78 is 3.79. The average Bonchev–Trinajstić information content (AvgIpc) is 3.37. The van der Waals surface area contributed by atoms with Crippen LogP contribution in [0.1, 0.15) is 28.7 Å². The van der Waals surface area contributed by atoms with Gasteiger partial charge in [-0.3, -0.25) is 14.6 Å². The summed E-state index contributed by atoms with van der Waals surface area (Å²) in [6.07, 6.45) is 7.09. The summed E-state index contributed by atoms with van der Waals surface area (Å²) in [6.45, 7) is 5.10. The molecule has 0 atom stereocenters. The van der Waals surface area contributed by atoms with E-state index < -0.39 is 0 Å². The van der Waals surface area contributed by atoms with E-state index in [9.17, 15) is 4.79 Å².